The lowest BCUT2D eigenvalue weighted by Crippen LogP contribution is -2.49. The molecule has 1 rings (SSSR count). The van der Waals surface area contributed by atoms with E-state index in [0.717, 1.165) is 0 Å². The minimum atomic E-state index is -0.713. The normalized spacial score (nSPS) is 9.13. The van der Waals surface area contributed by atoms with Gasteiger partial charge in [0.05, 0.1) is 0 Å². The van der Waals surface area contributed by atoms with Crippen LogP contribution in [0.2, 0.25) is 0 Å². The molecule has 1 aromatic rings. The number of ether oxygens (including phenoxy) is 1. The monoisotopic (exact) mass is 209 g/mol. The van der Waals surface area contributed by atoms with Crippen LogP contribution in [-0.2, 0) is 4.79 Å². The molecule has 0 spiro atoms. The second-order valence-electron chi connectivity index (χ2n) is 2.63. The largest absolute Gasteiger partial charge is 0.428 e. The maximum atomic E-state index is 11.0. The highest BCUT2D eigenvalue weighted by Crippen LogP contribution is 2.07. The van der Waals surface area contributed by atoms with Crippen LogP contribution in [0, 0.1) is 0 Å². The van der Waals surface area contributed by atoms with Crippen molar-refractivity contribution < 1.29 is 14.3 Å². The van der Waals surface area contributed by atoms with Crippen LogP contribution in [0.5, 0.6) is 5.75 Å². The highest BCUT2D eigenvalue weighted by Gasteiger charge is 2.01. The van der Waals surface area contributed by atoms with Gasteiger partial charge in [-0.15, -0.1) is 5.53 Å². The molecule has 6 heteroatoms. The molecule has 15 heavy (non-hydrogen) atoms. The summed E-state index contributed by atoms with van der Waals surface area (Å²) in [4.78, 5) is 21.5. The smallest absolute Gasteiger partial charge is 0.409 e. The maximum absolute atomic E-state index is 11.0. The minimum Gasteiger partial charge on any atom is -0.409 e. The molecule has 0 fully saturated rings. The molecule has 0 aliphatic rings. The number of hydrogen-bond acceptors (Lipinski definition) is 4. The summed E-state index contributed by atoms with van der Waals surface area (Å²) in [5.41, 5.74) is 6.46. The number of hydrazine groups is 2. The Bertz CT molecular complexity index is 340. The summed E-state index contributed by atoms with van der Waals surface area (Å²) in [5.74, 6) is 0.0923. The van der Waals surface area contributed by atoms with E-state index in [9.17, 15) is 9.59 Å². The van der Waals surface area contributed by atoms with Crippen LogP contribution in [0.25, 0.3) is 0 Å². The number of hydrogen-bond donors (Lipinski definition) is 3. The number of rotatable bonds is 3. The van der Waals surface area contributed by atoms with Gasteiger partial charge in [-0.1, -0.05) is 18.2 Å². The summed E-state index contributed by atoms with van der Waals surface area (Å²) in [6, 6.07) is 8.56. The Labute approximate surface area is 86.6 Å². The summed E-state index contributed by atoms with van der Waals surface area (Å²) in [7, 11) is 0. The Balaban J connectivity index is 2.28. The van der Waals surface area contributed by atoms with E-state index in [-0.39, 0.29) is 5.91 Å². The molecule has 0 atom stereocenters. The first-order valence-corrected chi connectivity index (χ1v) is 4.23. The van der Waals surface area contributed by atoms with E-state index in [1.54, 1.807) is 30.3 Å². The average Bonchev–Trinajstić information content (AvgIpc) is 2.18. The van der Waals surface area contributed by atoms with E-state index in [0.29, 0.717) is 5.75 Å². The third kappa shape index (κ3) is 4.63. The predicted octanol–water partition coefficient (Wildman–Crippen LogP) is 0.331. The average molecular weight is 209 g/mol. The molecular weight excluding hydrogens is 198 g/mol. The number of para-hydroxylation sites is 1. The maximum Gasteiger partial charge on any atom is 0.428 e. The zero-order chi connectivity index (χ0) is 11.1. The van der Waals surface area contributed by atoms with E-state index in [1.165, 1.54) is 6.92 Å². The van der Waals surface area contributed by atoms with Gasteiger partial charge in [-0.3, -0.25) is 10.2 Å². The van der Waals surface area contributed by atoms with Gasteiger partial charge in [-0.25, -0.2) is 10.2 Å². The van der Waals surface area contributed by atoms with Crippen molar-refractivity contribution in [3.05, 3.63) is 30.3 Å². The number of amides is 2. The van der Waals surface area contributed by atoms with Gasteiger partial charge in [0.2, 0.25) is 5.91 Å². The van der Waals surface area contributed by atoms with Crippen molar-refractivity contribution in [2.24, 2.45) is 0 Å². The van der Waals surface area contributed by atoms with Crippen molar-refractivity contribution >= 4 is 12.0 Å². The summed E-state index contributed by atoms with van der Waals surface area (Å²) in [6.07, 6.45) is -0.713. The van der Waals surface area contributed by atoms with Gasteiger partial charge in [0, 0.05) is 6.92 Å². The molecule has 0 radical (unpaired) electrons. The summed E-state index contributed by atoms with van der Waals surface area (Å²) < 4.78 is 4.83. The lowest BCUT2D eigenvalue weighted by molar-refractivity contribution is -0.120. The van der Waals surface area contributed by atoms with Gasteiger partial charge in [0.1, 0.15) is 5.75 Å². The van der Waals surface area contributed by atoms with E-state index >= 15 is 0 Å². The zero-order valence-corrected chi connectivity index (χ0v) is 8.11. The fraction of sp³-hybridized carbons (Fsp3) is 0.111. The van der Waals surface area contributed by atoms with Crippen molar-refractivity contribution in [1.82, 2.24) is 16.4 Å². The molecule has 0 aliphatic carbocycles. The Morgan fingerprint density at radius 2 is 1.80 bits per heavy atom. The zero-order valence-electron chi connectivity index (χ0n) is 8.11. The minimum absolute atomic E-state index is 0.324. The standard InChI is InChI=1S/C9H11N3O3/c1-7(13)10-12-11-9(14)15-8-5-3-2-4-6-8/h2-6,12H,1H3,(H,10,13)(H,11,14). The second kappa shape index (κ2) is 5.61. The van der Waals surface area contributed by atoms with E-state index in [2.05, 4.69) is 16.4 Å². The Morgan fingerprint density at radius 3 is 2.40 bits per heavy atom. The van der Waals surface area contributed by atoms with Crippen molar-refractivity contribution in [3.8, 4) is 5.75 Å². The van der Waals surface area contributed by atoms with Crippen LogP contribution in [-0.4, -0.2) is 12.0 Å². The van der Waals surface area contributed by atoms with Gasteiger partial charge >= 0.3 is 6.09 Å². The summed E-state index contributed by atoms with van der Waals surface area (Å²) in [5, 5.41) is 0. The van der Waals surface area contributed by atoms with Crippen LogP contribution in [0.3, 0.4) is 0 Å². The van der Waals surface area contributed by atoms with Crippen LogP contribution in [0.1, 0.15) is 6.92 Å². The molecule has 0 saturated heterocycles. The fourth-order valence-corrected chi connectivity index (χ4v) is 0.791. The molecule has 1 aromatic carbocycles. The molecule has 3 N–H and O–H groups in total. The quantitative estimate of drug-likeness (QED) is 0.627. The first-order valence-electron chi connectivity index (χ1n) is 4.23. The first kappa shape index (κ1) is 11.0. The Hall–Kier alpha value is -2.08. The molecule has 0 bridgehead atoms. The van der Waals surface area contributed by atoms with Gasteiger partial charge < -0.3 is 4.74 Å². The molecule has 0 unspecified atom stereocenters. The Kier molecular flexibility index (Phi) is 4.11. The van der Waals surface area contributed by atoms with Crippen molar-refractivity contribution in [3.63, 3.8) is 0 Å². The highest BCUT2D eigenvalue weighted by atomic mass is 16.6. The fourth-order valence-electron chi connectivity index (χ4n) is 0.791. The number of carbonyl (C=O) groups excluding carboxylic acids is 2. The molecule has 2 amide bonds. The topological polar surface area (TPSA) is 79.5 Å². The molecule has 0 aliphatic heterocycles. The number of carbonyl (C=O) groups is 2. The molecule has 6 nitrogen and oxygen atoms in total. The third-order valence-electron chi connectivity index (χ3n) is 1.36. The van der Waals surface area contributed by atoms with E-state index in [1.807, 2.05) is 0 Å². The van der Waals surface area contributed by atoms with Gasteiger partial charge in [-0.05, 0) is 12.1 Å². The third-order valence-corrected chi connectivity index (χ3v) is 1.36. The van der Waals surface area contributed by atoms with Crippen molar-refractivity contribution in [1.29, 1.82) is 0 Å². The number of nitrogens with one attached hydrogen (secondary N) is 3. The molecular formula is C9H11N3O3. The molecule has 0 heterocycles. The first-order chi connectivity index (χ1) is 7.18. The van der Waals surface area contributed by atoms with Crippen LogP contribution in [0.15, 0.2) is 30.3 Å². The van der Waals surface area contributed by atoms with E-state index in [4.69, 9.17) is 4.74 Å². The lowest BCUT2D eigenvalue weighted by atomic mass is 10.3. The van der Waals surface area contributed by atoms with Crippen LogP contribution in [0.4, 0.5) is 4.79 Å². The van der Waals surface area contributed by atoms with Gasteiger partial charge in [0.15, 0.2) is 0 Å². The summed E-state index contributed by atoms with van der Waals surface area (Å²) >= 11 is 0. The van der Waals surface area contributed by atoms with Crippen LogP contribution >= 0.6 is 0 Å². The van der Waals surface area contributed by atoms with Crippen molar-refractivity contribution in [2.75, 3.05) is 0 Å². The van der Waals surface area contributed by atoms with Crippen LogP contribution < -0.4 is 21.1 Å². The number of benzene rings is 1. The molecule has 0 saturated carbocycles. The molecule has 0 aromatic heterocycles. The summed E-state index contributed by atoms with van der Waals surface area (Å²) in [6.45, 7) is 1.30. The highest BCUT2D eigenvalue weighted by molar-refractivity contribution is 5.73. The van der Waals surface area contributed by atoms with Gasteiger partial charge in [0.25, 0.3) is 0 Å². The van der Waals surface area contributed by atoms with E-state index < -0.39 is 6.09 Å². The van der Waals surface area contributed by atoms with Crippen molar-refractivity contribution in [2.45, 2.75) is 6.92 Å². The lowest BCUT2D eigenvalue weighted by Gasteiger charge is -2.07. The Morgan fingerprint density at radius 1 is 1.13 bits per heavy atom. The second-order valence-corrected chi connectivity index (χ2v) is 2.63. The molecule has 80 valence electrons. The van der Waals surface area contributed by atoms with Gasteiger partial charge in [-0.2, -0.15) is 0 Å². The SMILES string of the molecule is CC(=O)NNNC(=O)Oc1ccccc1. The predicted molar refractivity (Wildman–Crippen MR) is 52.6 cm³/mol.